The summed E-state index contributed by atoms with van der Waals surface area (Å²) in [5.41, 5.74) is 1.63. The highest BCUT2D eigenvalue weighted by Gasteiger charge is 2.51. The summed E-state index contributed by atoms with van der Waals surface area (Å²) >= 11 is 0. The van der Waals surface area contributed by atoms with Gasteiger partial charge in [0, 0.05) is 6.61 Å². The standard InChI is InChI=1S/C22H38O3Si/c1-26(2,3)22-21(25-22)20(23)16-12-7-5-4-6-8-13-17-24-18-19-14-10-9-11-15-19/h9-11,14-15,20-23H,4-8,12-13,16-18H2,1-3H3. The summed E-state index contributed by atoms with van der Waals surface area (Å²) in [5.74, 6) is 0. The van der Waals surface area contributed by atoms with Crippen molar-refractivity contribution in [1.29, 1.82) is 0 Å². The number of aliphatic hydroxyl groups is 1. The maximum Gasteiger partial charge on any atom is 0.107 e. The lowest BCUT2D eigenvalue weighted by Crippen LogP contribution is -2.33. The van der Waals surface area contributed by atoms with Gasteiger partial charge in [-0.25, -0.2) is 0 Å². The Kier molecular flexibility index (Phi) is 9.33. The Morgan fingerprint density at radius 1 is 0.962 bits per heavy atom. The molecular formula is C22H38O3Si. The van der Waals surface area contributed by atoms with Crippen LogP contribution in [0.4, 0.5) is 0 Å². The monoisotopic (exact) mass is 378 g/mol. The van der Waals surface area contributed by atoms with Crippen molar-refractivity contribution in [3.05, 3.63) is 35.9 Å². The molecule has 0 bridgehead atoms. The van der Waals surface area contributed by atoms with Crippen molar-refractivity contribution >= 4 is 8.07 Å². The van der Waals surface area contributed by atoms with E-state index in [1.54, 1.807) is 0 Å². The van der Waals surface area contributed by atoms with E-state index in [0.29, 0.717) is 5.73 Å². The second-order valence-electron chi connectivity index (χ2n) is 8.76. The molecule has 0 amide bonds. The molecule has 3 atom stereocenters. The molecule has 0 aromatic heterocycles. The number of hydrogen-bond donors (Lipinski definition) is 1. The number of benzene rings is 1. The number of unbranched alkanes of at least 4 members (excludes halogenated alkanes) is 6. The van der Waals surface area contributed by atoms with Crippen molar-refractivity contribution in [3.8, 4) is 0 Å². The van der Waals surface area contributed by atoms with E-state index in [1.165, 1.54) is 37.7 Å². The molecule has 0 aliphatic carbocycles. The molecule has 2 rings (SSSR count). The fourth-order valence-electron chi connectivity index (χ4n) is 3.48. The van der Waals surface area contributed by atoms with E-state index in [1.807, 2.05) is 6.07 Å². The third-order valence-corrected chi connectivity index (χ3v) is 7.33. The summed E-state index contributed by atoms with van der Waals surface area (Å²) in [7, 11) is -1.24. The molecule has 3 unspecified atom stereocenters. The van der Waals surface area contributed by atoms with Gasteiger partial charge in [-0.05, 0) is 18.4 Å². The number of ether oxygens (including phenoxy) is 2. The Balaban J connectivity index is 1.34. The average molecular weight is 379 g/mol. The van der Waals surface area contributed by atoms with Crippen LogP contribution < -0.4 is 0 Å². The van der Waals surface area contributed by atoms with Gasteiger partial charge in [0.2, 0.25) is 0 Å². The van der Waals surface area contributed by atoms with Gasteiger partial charge in [-0.2, -0.15) is 0 Å². The SMILES string of the molecule is C[Si](C)(C)C1OC1C(O)CCCCCCCCCOCc1ccccc1. The predicted octanol–water partition coefficient (Wildman–Crippen LogP) is 5.33. The van der Waals surface area contributed by atoms with E-state index >= 15 is 0 Å². The molecule has 0 saturated carbocycles. The third kappa shape index (κ3) is 8.34. The van der Waals surface area contributed by atoms with Crippen LogP contribution in [0, 0.1) is 0 Å². The lowest BCUT2D eigenvalue weighted by molar-refractivity contribution is 0.116. The smallest absolute Gasteiger partial charge is 0.107 e. The van der Waals surface area contributed by atoms with Gasteiger partial charge in [0.05, 0.1) is 26.5 Å². The first-order valence-corrected chi connectivity index (χ1v) is 14.0. The number of hydrogen-bond acceptors (Lipinski definition) is 3. The minimum Gasteiger partial charge on any atom is -0.390 e. The third-order valence-electron chi connectivity index (χ3n) is 5.16. The van der Waals surface area contributed by atoms with Crippen LogP contribution in [-0.2, 0) is 16.1 Å². The van der Waals surface area contributed by atoms with Crippen molar-refractivity contribution in [3.63, 3.8) is 0 Å². The van der Waals surface area contributed by atoms with E-state index in [2.05, 4.69) is 43.9 Å². The van der Waals surface area contributed by atoms with Crippen LogP contribution in [0.1, 0.15) is 56.9 Å². The molecule has 3 nitrogen and oxygen atoms in total. The van der Waals surface area contributed by atoms with Crippen LogP contribution in [0.3, 0.4) is 0 Å². The summed E-state index contributed by atoms with van der Waals surface area (Å²) in [6.07, 6.45) is 9.43. The molecule has 1 aliphatic rings. The van der Waals surface area contributed by atoms with Crippen LogP contribution in [0.5, 0.6) is 0 Å². The highest BCUT2D eigenvalue weighted by molar-refractivity contribution is 6.78. The van der Waals surface area contributed by atoms with Gasteiger partial charge >= 0.3 is 0 Å². The molecule has 1 heterocycles. The molecule has 1 aromatic carbocycles. The van der Waals surface area contributed by atoms with Gasteiger partial charge in [0.15, 0.2) is 0 Å². The van der Waals surface area contributed by atoms with Gasteiger partial charge in [0.25, 0.3) is 0 Å². The van der Waals surface area contributed by atoms with Crippen molar-refractivity contribution in [2.45, 2.75) is 95.5 Å². The highest BCUT2D eigenvalue weighted by atomic mass is 28.3. The van der Waals surface area contributed by atoms with Crippen LogP contribution in [0.2, 0.25) is 19.6 Å². The molecule has 0 spiro atoms. The van der Waals surface area contributed by atoms with Crippen molar-refractivity contribution in [2.24, 2.45) is 0 Å². The topological polar surface area (TPSA) is 42.0 Å². The highest BCUT2D eigenvalue weighted by Crippen LogP contribution is 2.35. The zero-order valence-electron chi connectivity index (χ0n) is 17.0. The summed E-state index contributed by atoms with van der Waals surface area (Å²) in [6, 6.07) is 10.4. The van der Waals surface area contributed by atoms with Crippen molar-refractivity contribution in [1.82, 2.24) is 0 Å². The Morgan fingerprint density at radius 3 is 2.19 bits per heavy atom. The van der Waals surface area contributed by atoms with Gasteiger partial charge in [-0.3, -0.25) is 0 Å². The van der Waals surface area contributed by atoms with Crippen molar-refractivity contribution in [2.75, 3.05) is 6.61 Å². The minimum absolute atomic E-state index is 0.137. The van der Waals surface area contributed by atoms with E-state index in [9.17, 15) is 5.11 Å². The maximum atomic E-state index is 10.2. The Bertz CT molecular complexity index is 486. The predicted molar refractivity (Wildman–Crippen MR) is 111 cm³/mol. The molecule has 1 fully saturated rings. The van der Waals surface area contributed by atoms with E-state index in [-0.39, 0.29) is 12.2 Å². The van der Waals surface area contributed by atoms with E-state index < -0.39 is 8.07 Å². The Hall–Kier alpha value is -0.683. The molecule has 1 aliphatic heterocycles. The lowest BCUT2D eigenvalue weighted by Gasteiger charge is -2.13. The van der Waals surface area contributed by atoms with E-state index in [0.717, 1.165) is 32.5 Å². The van der Waals surface area contributed by atoms with Crippen LogP contribution >= 0.6 is 0 Å². The fourth-order valence-corrected chi connectivity index (χ4v) is 5.26. The minimum atomic E-state index is -1.24. The second kappa shape index (κ2) is 11.2. The second-order valence-corrected chi connectivity index (χ2v) is 14.1. The van der Waals surface area contributed by atoms with Crippen LogP contribution in [-0.4, -0.2) is 37.7 Å². The summed E-state index contributed by atoms with van der Waals surface area (Å²) in [5, 5.41) is 10.2. The summed E-state index contributed by atoms with van der Waals surface area (Å²) in [4.78, 5) is 0. The summed E-state index contributed by atoms with van der Waals surface area (Å²) < 4.78 is 11.4. The van der Waals surface area contributed by atoms with Crippen molar-refractivity contribution < 1.29 is 14.6 Å². The largest absolute Gasteiger partial charge is 0.390 e. The zero-order valence-corrected chi connectivity index (χ0v) is 18.0. The van der Waals surface area contributed by atoms with Gasteiger partial charge in [-0.1, -0.05) is 88.5 Å². The number of rotatable bonds is 14. The summed E-state index contributed by atoms with van der Waals surface area (Å²) in [6.45, 7) is 8.54. The number of aliphatic hydroxyl groups excluding tert-OH is 1. The van der Waals surface area contributed by atoms with Gasteiger partial charge in [-0.15, -0.1) is 0 Å². The van der Waals surface area contributed by atoms with Gasteiger partial charge < -0.3 is 14.6 Å². The molecule has 1 saturated heterocycles. The van der Waals surface area contributed by atoms with E-state index in [4.69, 9.17) is 9.47 Å². The Morgan fingerprint density at radius 2 is 1.58 bits per heavy atom. The Labute approximate surface area is 161 Å². The number of epoxide rings is 1. The quantitative estimate of drug-likeness (QED) is 0.270. The first-order valence-electron chi connectivity index (χ1n) is 10.4. The fraction of sp³-hybridized carbons (Fsp3) is 0.727. The zero-order chi connectivity index (χ0) is 18.8. The van der Waals surface area contributed by atoms with Crippen LogP contribution in [0.15, 0.2) is 30.3 Å². The first-order chi connectivity index (χ1) is 12.5. The first kappa shape index (κ1) is 21.6. The molecule has 26 heavy (non-hydrogen) atoms. The average Bonchev–Trinajstić information content (AvgIpc) is 3.41. The van der Waals surface area contributed by atoms with Crippen LogP contribution in [0.25, 0.3) is 0 Å². The lowest BCUT2D eigenvalue weighted by atomic mass is 10.1. The van der Waals surface area contributed by atoms with Gasteiger partial charge in [0.1, 0.15) is 6.10 Å². The molecule has 1 aromatic rings. The maximum absolute atomic E-state index is 10.2. The molecule has 0 radical (unpaired) electrons. The molecule has 148 valence electrons. The molecule has 1 N–H and O–H groups in total. The normalized spacial score (nSPS) is 20.9. The molecule has 4 heteroatoms. The molecular weight excluding hydrogens is 340 g/mol.